The van der Waals surface area contributed by atoms with Crippen LogP contribution in [0.15, 0.2) is 72.8 Å². The summed E-state index contributed by atoms with van der Waals surface area (Å²) in [6.07, 6.45) is 3.15. The maximum atomic E-state index is 2.47. The minimum Gasteiger partial charge on any atom is -0.344 e. The Morgan fingerprint density at radius 1 is 0.517 bits per heavy atom. The van der Waals surface area contributed by atoms with Gasteiger partial charge in [-0.25, -0.2) is 0 Å². The Bertz CT molecular complexity index is 1340. The Morgan fingerprint density at radius 3 is 2.03 bits per heavy atom. The third-order valence-electron chi connectivity index (χ3n) is 7.16. The Labute approximate surface area is 171 Å². The molecule has 0 saturated carbocycles. The van der Waals surface area contributed by atoms with Crippen LogP contribution in [-0.2, 0) is 19.3 Å². The predicted molar refractivity (Wildman–Crippen MR) is 120 cm³/mol. The molecule has 2 aliphatic carbocycles. The largest absolute Gasteiger partial charge is 0.344 e. The van der Waals surface area contributed by atoms with Gasteiger partial charge in [0.05, 0.1) is 0 Å². The summed E-state index contributed by atoms with van der Waals surface area (Å²) in [6.45, 7) is 0. The molecule has 1 nitrogen and oxygen atoms in total. The van der Waals surface area contributed by atoms with Gasteiger partial charge in [-0.15, -0.1) is 0 Å². The van der Waals surface area contributed by atoms with E-state index in [1.165, 1.54) is 67.0 Å². The van der Waals surface area contributed by atoms with Crippen molar-refractivity contribution < 1.29 is 0 Å². The maximum absolute atomic E-state index is 2.47. The molecule has 0 spiro atoms. The zero-order valence-electron chi connectivity index (χ0n) is 16.5. The second kappa shape index (κ2) is 5.39. The van der Waals surface area contributed by atoms with Crippen molar-refractivity contribution in [3.63, 3.8) is 0 Å². The van der Waals surface area contributed by atoms with Crippen LogP contribution in [0.5, 0.6) is 0 Å². The molecule has 4 aromatic carbocycles. The van der Waals surface area contributed by atoms with Crippen molar-refractivity contribution in [3.8, 4) is 22.3 Å². The molecule has 4 aromatic rings. The zero-order chi connectivity index (χ0) is 19.1. The SMILES string of the molecule is CN1c2cc3c(cc2Cc2c1ccc1c2Cc2ccccc2-1)-c1ccccc1C3. The molecule has 138 valence electrons. The summed E-state index contributed by atoms with van der Waals surface area (Å²) in [5, 5.41) is 0. The van der Waals surface area contributed by atoms with Gasteiger partial charge >= 0.3 is 0 Å². The van der Waals surface area contributed by atoms with Gasteiger partial charge in [0, 0.05) is 24.8 Å². The summed E-state index contributed by atoms with van der Waals surface area (Å²) >= 11 is 0. The van der Waals surface area contributed by atoms with Crippen molar-refractivity contribution in [2.45, 2.75) is 19.3 Å². The van der Waals surface area contributed by atoms with Gasteiger partial charge in [0.15, 0.2) is 0 Å². The van der Waals surface area contributed by atoms with Crippen molar-refractivity contribution >= 4 is 11.4 Å². The molecule has 0 aromatic heterocycles. The highest BCUT2D eigenvalue weighted by Gasteiger charge is 2.30. The van der Waals surface area contributed by atoms with E-state index in [0.29, 0.717) is 0 Å². The van der Waals surface area contributed by atoms with Crippen LogP contribution in [0, 0.1) is 0 Å². The van der Waals surface area contributed by atoms with Gasteiger partial charge in [0.2, 0.25) is 0 Å². The predicted octanol–water partition coefficient (Wildman–Crippen LogP) is 6.50. The normalized spacial score (nSPS) is 14.6. The van der Waals surface area contributed by atoms with E-state index in [-0.39, 0.29) is 0 Å². The van der Waals surface area contributed by atoms with Gasteiger partial charge in [0.1, 0.15) is 0 Å². The summed E-state index contributed by atoms with van der Waals surface area (Å²) < 4.78 is 0. The molecule has 3 aliphatic rings. The van der Waals surface area contributed by atoms with Crippen LogP contribution in [0.25, 0.3) is 22.3 Å². The highest BCUT2D eigenvalue weighted by molar-refractivity contribution is 5.87. The molecule has 7 rings (SSSR count). The molecule has 0 unspecified atom stereocenters. The monoisotopic (exact) mass is 371 g/mol. The molecule has 0 bridgehead atoms. The maximum Gasteiger partial charge on any atom is 0.0447 e. The molecule has 0 N–H and O–H groups in total. The van der Waals surface area contributed by atoms with Crippen LogP contribution in [0.4, 0.5) is 11.4 Å². The van der Waals surface area contributed by atoms with Crippen LogP contribution in [-0.4, -0.2) is 7.05 Å². The lowest BCUT2D eigenvalue weighted by molar-refractivity contribution is 1.02. The lowest BCUT2D eigenvalue weighted by atomic mass is 9.88. The van der Waals surface area contributed by atoms with E-state index in [0.717, 1.165) is 19.3 Å². The lowest BCUT2D eigenvalue weighted by Crippen LogP contribution is -2.20. The highest BCUT2D eigenvalue weighted by Crippen LogP contribution is 2.48. The average molecular weight is 371 g/mol. The van der Waals surface area contributed by atoms with Gasteiger partial charge < -0.3 is 4.90 Å². The molecule has 0 saturated heterocycles. The Morgan fingerprint density at radius 2 is 1.21 bits per heavy atom. The van der Waals surface area contributed by atoms with E-state index in [1.807, 2.05) is 0 Å². The second-order valence-electron chi connectivity index (χ2n) is 8.63. The number of anilines is 2. The van der Waals surface area contributed by atoms with E-state index in [4.69, 9.17) is 0 Å². The van der Waals surface area contributed by atoms with Gasteiger partial charge in [0.25, 0.3) is 0 Å². The fourth-order valence-electron chi connectivity index (χ4n) is 5.76. The quantitative estimate of drug-likeness (QED) is 0.294. The molecule has 0 amide bonds. The van der Waals surface area contributed by atoms with E-state index < -0.39 is 0 Å². The van der Waals surface area contributed by atoms with Crippen molar-refractivity contribution in [2.75, 3.05) is 11.9 Å². The first-order valence-electron chi connectivity index (χ1n) is 10.5. The minimum atomic E-state index is 1.03. The second-order valence-corrected chi connectivity index (χ2v) is 8.63. The third-order valence-corrected chi connectivity index (χ3v) is 7.16. The van der Waals surface area contributed by atoms with Gasteiger partial charge in [-0.3, -0.25) is 0 Å². The van der Waals surface area contributed by atoms with Crippen LogP contribution < -0.4 is 4.90 Å². The lowest BCUT2D eigenvalue weighted by Gasteiger charge is -2.32. The smallest absolute Gasteiger partial charge is 0.0447 e. The van der Waals surface area contributed by atoms with Crippen LogP contribution in [0.1, 0.15) is 33.4 Å². The number of fused-ring (bicyclic) bond motifs is 9. The Kier molecular flexibility index (Phi) is 2.90. The topological polar surface area (TPSA) is 3.24 Å². The van der Waals surface area contributed by atoms with E-state index in [2.05, 4.69) is 84.7 Å². The fourth-order valence-corrected chi connectivity index (χ4v) is 5.76. The molecule has 1 heteroatoms. The van der Waals surface area contributed by atoms with Crippen molar-refractivity contribution in [3.05, 3.63) is 106 Å². The van der Waals surface area contributed by atoms with Gasteiger partial charge in [-0.05, 0) is 86.7 Å². The van der Waals surface area contributed by atoms with Gasteiger partial charge in [-0.2, -0.15) is 0 Å². The van der Waals surface area contributed by atoms with Crippen LogP contribution in [0.3, 0.4) is 0 Å². The number of hydrogen-bond acceptors (Lipinski definition) is 1. The molecule has 1 aliphatic heterocycles. The van der Waals surface area contributed by atoms with E-state index in [1.54, 1.807) is 0 Å². The molecule has 0 radical (unpaired) electrons. The molecular weight excluding hydrogens is 350 g/mol. The number of hydrogen-bond donors (Lipinski definition) is 0. The molecule has 1 heterocycles. The summed E-state index contributed by atoms with van der Waals surface area (Å²) in [7, 11) is 2.24. The first kappa shape index (κ1) is 15.6. The van der Waals surface area contributed by atoms with Crippen molar-refractivity contribution in [1.82, 2.24) is 0 Å². The third kappa shape index (κ3) is 2.00. The minimum absolute atomic E-state index is 1.03. The van der Waals surface area contributed by atoms with Crippen LogP contribution >= 0.6 is 0 Å². The zero-order valence-corrected chi connectivity index (χ0v) is 16.5. The van der Waals surface area contributed by atoms with Crippen molar-refractivity contribution in [1.29, 1.82) is 0 Å². The summed E-state index contributed by atoms with van der Waals surface area (Å²) in [5.41, 5.74) is 17.4. The number of nitrogens with zero attached hydrogens (tertiary/aromatic N) is 1. The Balaban J connectivity index is 1.40. The fraction of sp³-hybridized carbons (Fsp3) is 0.143. The summed E-state index contributed by atoms with van der Waals surface area (Å²) in [6, 6.07) is 27.4. The number of rotatable bonds is 0. The molecule has 29 heavy (non-hydrogen) atoms. The summed E-state index contributed by atoms with van der Waals surface area (Å²) in [5.74, 6) is 0. The molecule has 0 fully saturated rings. The van der Waals surface area contributed by atoms with Gasteiger partial charge in [-0.1, -0.05) is 54.6 Å². The van der Waals surface area contributed by atoms with Crippen molar-refractivity contribution in [2.24, 2.45) is 0 Å². The molecule has 0 atom stereocenters. The first-order chi connectivity index (χ1) is 14.3. The average Bonchev–Trinajstić information content (AvgIpc) is 3.31. The van der Waals surface area contributed by atoms with Crippen LogP contribution in [0.2, 0.25) is 0 Å². The van der Waals surface area contributed by atoms with E-state index in [9.17, 15) is 0 Å². The molecular formula is C28H21N. The summed E-state index contributed by atoms with van der Waals surface area (Å²) in [4.78, 5) is 2.42. The van der Waals surface area contributed by atoms with E-state index >= 15 is 0 Å². The first-order valence-corrected chi connectivity index (χ1v) is 10.5. The Hall–Kier alpha value is -3.32. The highest BCUT2D eigenvalue weighted by atomic mass is 15.1. The number of benzene rings is 4. The standard InChI is InChI=1S/C28H21N/c1-29-27-11-10-23-21-8-4-3-7-18(21)13-25(23)26(27)15-20-14-24-19(16-28(20)29)12-17-6-2-5-9-22(17)24/h2-11,14,16H,12-13,15H2,1H3.